The highest BCUT2D eigenvalue weighted by Gasteiger charge is 2.25. The van der Waals surface area contributed by atoms with Crippen molar-refractivity contribution in [2.45, 2.75) is 18.9 Å². The van der Waals surface area contributed by atoms with Crippen LogP contribution in [0.3, 0.4) is 0 Å². The van der Waals surface area contributed by atoms with E-state index in [9.17, 15) is 4.39 Å². The van der Waals surface area contributed by atoms with Crippen molar-refractivity contribution in [2.24, 2.45) is 0 Å². The Bertz CT molecular complexity index is 1180. The van der Waals surface area contributed by atoms with Crippen LogP contribution in [0.2, 0.25) is 0 Å². The van der Waals surface area contributed by atoms with Gasteiger partial charge >= 0.3 is 0 Å². The van der Waals surface area contributed by atoms with Crippen molar-refractivity contribution in [1.29, 1.82) is 0 Å². The van der Waals surface area contributed by atoms with Crippen molar-refractivity contribution >= 4 is 22.4 Å². The Kier molecular flexibility index (Phi) is 4.39. The van der Waals surface area contributed by atoms with E-state index in [1.807, 2.05) is 18.2 Å². The van der Waals surface area contributed by atoms with Crippen LogP contribution in [-0.4, -0.2) is 57.9 Å². The first-order valence-corrected chi connectivity index (χ1v) is 9.94. The number of hydrogen-bond acceptors (Lipinski definition) is 5. The van der Waals surface area contributed by atoms with Gasteiger partial charge in [-0.1, -0.05) is 29.5 Å². The lowest BCUT2D eigenvalue weighted by molar-refractivity contribution is 0.252. The molecule has 2 aromatic heterocycles. The first-order chi connectivity index (χ1) is 14.1. The summed E-state index contributed by atoms with van der Waals surface area (Å²) in [4.78, 5) is 9.59. The van der Waals surface area contributed by atoms with Crippen molar-refractivity contribution in [3.8, 4) is 11.3 Å². The molecule has 1 fully saturated rings. The molecule has 0 N–H and O–H groups in total. The van der Waals surface area contributed by atoms with Gasteiger partial charge in [0.25, 0.3) is 0 Å². The van der Waals surface area contributed by atoms with Crippen LogP contribution in [0.15, 0.2) is 48.5 Å². The van der Waals surface area contributed by atoms with Gasteiger partial charge in [-0.2, -0.15) is 4.52 Å². The molecule has 1 aliphatic heterocycles. The zero-order valence-corrected chi connectivity index (χ0v) is 16.6. The summed E-state index contributed by atoms with van der Waals surface area (Å²) in [7, 11) is 4.27. The number of halogens is 1. The summed E-state index contributed by atoms with van der Waals surface area (Å²) in [6.07, 6.45) is 2.18. The van der Waals surface area contributed by atoms with Crippen molar-refractivity contribution < 1.29 is 4.39 Å². The van der Waals surface area contributed by atoms with E-state index >= 15 is 0 Å². The highest BCUT2D eigenvalue weighted by Crippen LogP contribution is 2.32. The van der Waals surface area contributed by atoms with Crippen molar-refractivity contribution in [3.05, 3.63) is 54.3 Å². The third kappa shape index (κ3) is 3.02. The number of benzene rings is 2. The van der Waals surface area contributed by atoms with Gasteiger partial charge in [0.05, 0.1) is 5.52 Å². The molecule has 2 aromatic carbocycles. The Morgan fingerprint density at radius 1 is 1.03 bits per heavy atom. The van der Waals surface area contributed by atoms with Gasteiger partial charge in [-0.3, -0.25) is 0 Å². The molecule has 148 valence electrons. The zero-order chi connectivity index (χ0) is 20.0. The fourth-order valence-corrected chi connectivity index (χ4v) is 4.20. The van der Waals surface area contributed by atoms with Gasteiger partial charge in [-0.15, -0.1) is 5.10 Å². The lowest BCUT2D eigenvalue weighted by Crippen LogP contribution is -2.42. The van der Waals surface area contributed by atoms with Crippen LogP contribution in [0.1, 0.15) is 12.8 Å². The second-order valence-corrected chi connectivity index (χ2v) is 7.75. The van der Waals surface area contributed by atoms with E-state index < -0.39 is 0 Å². The van der Waals surface area contributed by atoms with Gasteiger partial charge in [0.2, 0.25) is 0 Å². The van der Waals surface area contributed by atoms with E-state index in [0.717, 1.165) is 42.7 Å². The number of hydrogen-bond donors (Lipinski definition) is 0. The lowest BCUT2D eigenvalue weighted by atomic mass is 10.0. The molecule has 7 heteroatoms. The van der Waals surface area contributed by atoms with Gasteiger partial charge in [-0.25, -0.2) is 9.37 Å². The number of para-hydroxylation sites is 1. The Labute approximate surface area is 168 Å². The minimum Gasteiger partial charge on any atom is -0.356 e. The molecule has 0 unspecified atom stereocenters. The summed E-state index contributed by atoms with van der Waals surface area (Å²) in [5, 5.41) is 9.60. The molecular formula is C22H23FN6. The van der Waals surface area contributed by atoms with Gasteiger partial charge in [-0.05, 0) is 57.2 Å². The average Bonchev–Trinajstić information content (AvgIpc) is 3.17. The van der Waals surface area contributed by atoms with E-state index in [-0.39, 0.29) is 5.82 Å². The molecule has 29 heavy (non-hydrogen) atoms. The largest absolute Gasteiger partial charge is 0.356 e. The Morgan fingerprint density at radius 3 is 2.55 bits per heavy atom. The first kappa shape index (κ1) is 18.0. The molecule has 1 saturated heterocycles. The van der Waals surface area contributed by atoms with Crippen LogP contribution in [0, 0.1) is 5.82 Å². The van der Waals surface area contributed by atoms with E-state index in [1.54, 1.807) is 22.7 Å². The Morgan fingerprint density at radius 2 is 1.76 bits per heavy atom. The molecule has 6 nitrogen and oxygen atoms in total. The summed E-state index contributed by atoms with van der Waals surface area (Å²) in [5.41, 5.74) is 2.37. The molecule has 0 bridgehead atoms. The highest BCUT2D eigenvalue weighted by molar-refractivity contribution is 5.93. The molecule has 0 aliphatic carbocycles. The predicted octanol–water partition coefficient (Wildman–Crippen LogP) is 3.61. The maximum Gasteiger partial charge on any atom is 0.186 e. The SMILES string of the molecule is CN1CCC(N(C)c2nc3c(-c4ccccc4F)nnn3c3ccccc23)CC1. The second-order valence-electron chi connectivity index (χ2n) is 7.75. The summed E-state index contributed by atoms with van der Waals surface area (Å²) in [6, 6.07) is 15.1. The summed E-state index contributed by atoms with van der Waals surface area (Å²) >= 11 is 0. The normalized spacial score (nSPS) is 16.0. The molecular weight excluding hydrogens is 367 g/mol. The quantitative estimate of drug-likeness (QED) is 0.535. The van der Waals surface area contributed by atoms with Crippen molar-refractivity contribution in [3.63, 3.8) is 0 Å². The molecule has 0 radical (unpaired) electrons. The van der Waals surface area contributed by atoms with Crippen LogP contribution >= 0.6 is 0 Å². The van der Waals surface area contributed by atoms with Crippen molar-refractivity contribution in [1.82, 2.24) is 24.7 Å². The number of anilines is 1. The smallest absolute Gasteiger partial charge is 0.186 e. The Hall–Kier alpha value is -3.06. The maximum atomic E-state index is 14.5. The summed E-state index contributed by atoms with van der Waals surface area (Å²) in [5.74, 6) is 0.567. The molecule has 4 aromatic rings. The number of likely N-dealkylation sites (tertiary alicyclic amines) is 1. The number of fused-ring (bicyclic) bond motifs is 3. The molecule has 0 amide bonds. The molecule has 3 heterocycles. The highest BCUT2D eigenvalue weighted by atomic mass is 19.1. The number of aromatic nitrogens is 4. The zero-order valence-electron chi connectivity index (χ0n) is 16.6. The van der Waals surface area contributed by atoms with Crippen LogP contribution < -0.4 is 4.90 Å². The molecule has 0 saturated carbocycles. The fourth-order valence-electron chi connectivity index (χ4n) is 4.20. The third-order valence-corrected chi connectivity index (χ3v) is 5.93. The maximum absolute atomic E-state index is 14.5. The summed E-state index contributed by atoms with van der Waals surface area (Å²) in [6.45, 7) is 2.15. The van der Waals surface area contributed by atoms with Crippen LogP contribution in [0.5, 0.6) is 0 Å². The molecule has 0 spiro atoms. The van der Waals surface area contributed by atoms with E-state index in [1.165, 1.54) is 6.07 Å². The second kappa shape index (κ2) is 7.08. The van der Waals surface area contributed by atoms with Gasteiger partial charge < -0.3 is 9.80 Å². The molecule has 0 atom stereocenters. The van der Waals surface area contributed by atoms with Crippen LogP contribution in [-0.2, 0) is 0 Å². The molecule has 5 rings (SSSR count). The average molecular weight is 390 g/mol. The van der Waals surface area contributed by atoms with E-state index in [4.69, 9.17) is 4.98 Å². The third-order valence-electron chi connectivity index (χ3n) is 5.93. The molecule has 1 aliphatic rings. The minimum absolute atomic E-state index is 0.324. The van der Waals surface area contributed by atoms with E-state index in [0.29, 0.717) is 22.9 Å². The standard InChI is InChI=1S/C22H23FN6/c1-27-13-11-15(12-14-27)28(2)21-17-8-4-6-10-19(17)29-22(24-21)20(25-26-29)16-7-3-5-9-18(16)23/h3-10,15H,11-14H2,1-2H3. The van der Waals surface area contributed by atoms with Gasteiger partial charge in [0, 0.05) is 24.0 Å². The number of rotatable bonds is 3. The minimum atomic E-state index is -0.324. The fraction of sp³-hybridized carbons (Fsp3) is 0.318. The van der Waals surface area contributed by atoms with E-state index in [2.05, 4.69) is 40.3 Å². The van der Waals surface area contributed by atoms with Gasteiger partial charge in [0.15, 0.2) is 5.65 Å². The first-order valence-electron chi connectivity index (χ1n) is 9.94. The van der Waals surface area contributed by atoms with Crippen LogP contribution in [0.25, 0.3) is 27.8 Å². The monoisotopic (exact) mass is 390 g/mol. The number of piperidine rings is 1. The van der Waals surface area contributed by atoms with Crippen LogP contribution in [0.4, 0.5) is 10.2 Å². The lowest BCUT2D eigenvalue weighted by Gasteiger charge is -2.36. The summed E-state index contributed by atoms with van der Waals surface area (Å²) < 4.78 is 16.2. The number of nitrogens with zero attached hydrogens (tertiary/aromatic N) is 6. The Balaban J connectivity index is 1.70. The van der Waals surface area contributed by atoms with Gasteiger partial charge in [0.1, 0.15) is 17.3 Å². The van der Waals surface area contributed by atoms with Crippen molar-refractivity contribution in [2.75, 3.05) is 32.1 Å². The predicted molar refractivity (Wildman–Crippen MR) is 113 cm³/mol. The topological polar surface area (TPSA) is 49.6 Å².